The molecular formula is C10H13FOS. The van der Waals surface area contributed by atoms with Gasteiger partial charge in [-0.3, -0.25) is 0 Å². The van der Waals surface area contributed by atoms with Crippen LogP contribution in [0.5, 0.6) is 5.75 Å². The highest BCUT2D eigenvalue weighted by atomic mass is 32.2. The fraction of sp³-hybridized carbons (Fsp3) is 0.400. The van der Waals surface area contributed by atoms with Crippen molar-refractivity contribution in [2.24, 2.45) is 0 Å². The van der Waals surface area contributed by atoms with E-state index < -0.39 is 0 Å². The largest absolute Gasteiger partial charge is 0.496 e. The predicted molar refractivity (Wildman–Crippen MR) is 54.0 cm³/mol. The van der Waals surface area contributed by atoms with Crippen LogP contribution in [0.4, 0.5) is 4.39 Å². The monoisotopic (exact) mass is 200 g/mol. The quantitative estimate of drug-likeness (QED) is 0.689. The van der Waals surface area contributed by atoms with E-state index in [-0.39, 0.29) is 5.82 Å². The summed E-state index contributed by atoms with van der Waals surface area (Å²) >= 11 is 1.62. The average molecular weight is 200 g/mol. The third-order valence-electron chi connectivity index (χ3n) is 1.59. The Hall–Kier alpha value is -0.700. The zero-order valence-electron chi connectivity index (χ0n) is 7.84. The number of hydrogen-bond donors (Lipinski definition) is 0. The molecular weight excluding hydrogens is 187 g/mol. The number of rotatable bonds is 4. The minimum Gasteiger partial charge on any atom is -0.496 e. The van der Waals surface area contributed by atoms with E-state index in [1.54, 1.807) is 24.9 Å². The predicted octanol–water partition coefficient (Wildman–Crippen LogP) is 3.34. The summed E-state index contributed by atoms with van der Waals surface area (Å²) in [6, 6.07) is 4.58. The van der Waals surface area contributed by atoms with Gasteiger partial charge in [-0.2, -0.15) is 0 Å². The van der Waals surface area contributed by atoms with Gasteiger partial charge in [-0.1, -0.05) is 6.92 Å². The van der Waals surface area contributed by atoms with Gasteiger partial charge in [-0.15, -0.1) is 11.8 Å². The summed E-state index contributed by atoms with van der Waals surface area (Å²) in [6.45, 7) is 2.10. The van der Waals surface area contributed by atoms with E-state index in [1.165, 1.54) is 12.1 Å². The van der Waals surface area contributed by atoms with Gasteiger partial charge in [0, 0.05) is 0 Å². The molecule has 3 heteroatoms. The number of hydrogen-bond acceptors (Lipinski definition) is 2. The molecule has 0 N–H and O–H groups in total. The Morgan fingerprint density at radius 1 is 1.46 bits per heavy atom. The first-order valence-electron chi connectivity index (χ1n) is 4.24. The molecule has 1 aromatic carbocycles. The molecule has 0 heterocycles. The van der Waals surface area contributed by atoms with E-state index in [0.29, 0.717) is 0 Å². The first-order valence-corrected chi connectivity index (χ1v) is 5.22. The molecule has 1 nitrogen and oxygen atoms in total. The van der Waals surface area contributed by atoms with Crippen molar-refractivity contribution >= 4 is 11.8 Å². The SMILES string of the molecule is CCCSc1cc(F)ccc1OC. The minimum atomic E-state index is -0.209. The van der Waals surface area contributed by atoms with Crippen molar-refractivity contribution in [1.82, 2.24) is 0 Å². The molecule has 0 amide bonds. The number of methoxy groups -OCH3 is 1. The third kappa shape index (κ3) is 2.92. The van der Waals surface area contributed by atoms with Gasteiger partial charge in [-0.05, 0) is 30.4 Å². The maximum atomic E-state index is 12.8. The summed E-state index contributed by atoms with van der Waals surface area (Å²) in [5.74, 6) is 1.53. The summed E-state index contributed by atoms with van der Waals surface area (Å²) in [4.78, 5) is 0.879. The smallest absolute Gasteiger partial charge is 0.132 e. The fourth-order valence-corrected chi connectivity index (χ4v) is 1.89. The van der Waals surface area contributed by atoms with Crippen molar-refractivity contribution in [2.45, 2.75) is 18.2 Å². The van der Waals surface area contributed by atoms with Crippen LogP contribution in [0.3, 0.4) is 0 Å². The highest BCUT2D eigenvalue weighted by Crippen LogP contribution is 2.29. The lowest BCUT2D eigenvalue weighted by Gasteiger charge is -2.06. The van der Waals surface area contributed by atoms with Crippen LogP contribution in [0, 0.1) is 5.82 Å². The van der Waals surface area contributed by atoms with Crippen molar-refractivity contribution in [2.75, 3.05) is 12.9 Å². The lowest BCUT2D eigenvalue weighted by atomic mass is 10.3. The molecule has 0 aromatic heterocycles. The number of halogens is 1. The number of ether oxygens (including phenoxy) is 1. The lowest BCUT2D eigenvalue weighted by Crippen LogP contribution is -1.88. The van der Waals surface area contributed by atoms with Crippen LogP contribution < -0.4 is 4.74 Å². The highest BCUT2D eigenvalue weighted by molar-refractivity contribution is 7.99. The molecule has 0 aliphatic carbocycles. The van der Waals surface area contributed by atoms with Gasteiger partial charge < -0.3 is 4.74 Å². The Labute approximate surface area is 82.3 Å². The average Bonchev–Trinajstić information content (AvgIpc) is 2.15. The van der Waals surface area contributed by atoms with E-state index >= 15 is 0 Å². The molecule has 72 valence electrons. The Morgan fingerprint density at radius 2 is 2.23 bits per heavy atom. The maximum absolute atomic E-state index is 12.8. The molecule has 13 heavy (non-hydrogen) atoms. The Morgan fingerprint density at radius 3 is 2.85 bits per heavy atom. The minimum absolute atomic E-state index is 0.209. The summed E-state index contributed by atoms with van der Waals surface area (Å²) in [5.41, 5.74) is 0. The second-order valence-electron chi connectivity index (χ2n) is 2.64. The van der Waals surface area contributed by atoms with Gasteiger partial charge in [0.15, 0.2) is 0 Å². The zero-order chi connectivity index (χ0) is 9.68. The van der Waals surface area contributed by atoms with Gasteiger partial charge in [-0.25, -0.2) is 4.39 Å². The Kier molecular flexibility index (Phi) is 4.09. The zero-order valence-corrected chi connectivity index (χ0v) is 8.66. The van der Waals surface area contributed by atoms with Gasteiger partial charge in [0.05, 0.1) is 12.0 Å². The van der Waals surface area contributed by atoms with Crippen LogP contribution >= 0.6 is 11.8 Å². The van der Waals surface area contributed by atoms with Gasteiger partial charge in [0.25, 0.3) is 0 Å². The molecule has 0 atom stereocenters. The summed E-state index contributed by atoms with van der Waals surface area (Å²) < 4.78 is 18.0. The van der Waals surface area contributed by atoms with E-state index in [9.17, 15) is 4.39 Å². The normalized spacial score (nSPS) is 10.1. The van der Waals surface area contributed by atoms with Crippen LogP contribution in [0.25, 0.3) is 0 Å². The number of thioether (sulfide) groups is 1. The van der Waals surface area contributed by atoms with Gasteiger partial charge >= 0.3 is 0 Å². The summed E-state index contributed by atoms with van der Waals surface area (Å²) in [5, 5.41) is 0. The van der Waals surface area contributed by atoms with Crippen molar-refractivity contribution in [1.29, 1.82) is 0 Å². The molecule has 0 radical (unpaired) electrons. The van der Waals surface area contributed by atoms with E-state index in [4.69, 9.17) is 4.74 Å². The van der Waals surface area contributed by atoms with Crippen molar-refractivity contribution < 1.29 is 9.13 Å². The van der Waals surface area contributed by atoms with Gasteiger partial charge in [0.1, 0.15) is 11.6 Å². The topological polar surface area (TPSA) is 9.23 Å². The third-order valence-corrected chi connectivity index (χ3v) is 2.83. The van der Waals surface area contributed by atoms with Crippen molar-refractivity contribution in [3.8, 4) is 5.75 Å². The maximum Gasteiger partial charge on any atom is 0.132 e. The molecule has 0 saturated carbocycles. The molecule has 0 aliphatic heterocycles. The molecule has 1 aromatic rings. The highest BCUT2D eigenvalue weighted by Gasteiger charge is 2.03. The molecule has 0 bridgehead atoms. The van der Waals surface area contributed by atoms with Crippen LogP contribution in [-0.2, 0) is 0 Å². The molecule has 0 saturated heterocycles. The second-order valence-corrected chi connectivity index (χ2v) is 3.78. The molecule has 0 fully saturated rings. The van der Waals surface area contributed by atoms with E-state index in [0.717, 1.165) is 22.8 Å². The standard InChI is InChI=1S/C10H13FOS/c1-3-6-13-10-7-8(11)4-5-9(10)12-2/h4-5,7H,3,6H2,1-2H3. The first kappa shape index (κ1) is 10.4. The Balaban J connectivity index is 2.81. The Bertz CT molecular complexity index is 276. The van der Waals surface area contributed by atoms with Crippen molar-refractivity contribution in [3.05, 3.63) is 24.0 Å². The molecule has 0 aliphatic rings. The lowest BCUT2D eigenvalue weighted by molar-refractivity contribution is 0.403. The van der Waals surface area contributed by atoms with Gasteiger partial charge in [0.2, 0.25) is 0 Å². The number of benzene rings is 1. The summed E-state index contributed by atoms with van der Waals surface area (Å²) in [6.07, 6.45) is 1.07. The molecule has 0 unspecified atom stereocenters. The molecule has 0 spiro atoms. The summed E-state index contributed by atoms with van der Waals surface area (Å²) in [7, 11) is 1.60. The van der Waals surface area contributed by atoms with Crippen molar-refractivity contribution in [3.63, 3.8) is 0 Å². The van der Waals surface area contributed by atoms with Crippen LogP contribution in [0.15, 0.2) is 23.1 Å². The second kappa shape index (κ2) is 5.12. The molecule has 1 rings (SSSR count). The van der Waals surface area contributed by atoms with Crippen LogP contribution in [0.1, 0.15) is 13.3 Å². The van der Waals surface area contributed by atoms with Crippen LogP contribution in [0.2, 0.25) is 0 Å². The first-order chi connectivity index (χ1) is 6.27. The van der Waals surface area contributed by atoms with E-state index in [1.807, 2.05) is 0 Å². The van der Waals surface area contributed by atoms with Crippen LogP contribution in [-0.4, -0.2) is 12.9 Å². The fourth-order valence-electron chi connectivity index (χ4n) is 0.975. The van der Waals surface area contributed by atoms with E-state index in [2.05, 4.69) is 6.92 Å².